The van der Waals surface area contributed by atoms with Crippen molar-refractivity contribution in [3.05, 3.63) is 48.9 Å². The van der Waals surface area contributed by atoms with E-state index in [9.17, 15) is 10.1 Å². The molecule has 2 rings (SSSR count). The minimum absolute atomic E-state index is 0.0683. The molecule has 1 unspecified atom stereocenters. The molecule has 106 valence electrons. The van der Waals surface area contributed by atoms with Crippen molar-refractivity contribution in [3.63, 3.8) is 0 Å². The lowest BCUT2D eigenvalue weighted by Crippen LogP contribution is -2.08. The summed E-state index contributed by atoms with van der Waals surface area (Å²) in [5.74, 6) is 0. The summed E-state index contributed by atoms with van der Waals surface area (Å²) in [7, 11) is 0. The van der Waals surface area contributed by atoms with Crippen molar-refractivity contribution in [2.24, 2.45) is 0 Å². The number of benzene rings is 1. The van der Waals surface area contributed by atoms with Crippen molar-refractivity contribution >= 4 is 34.3 Å². The molecule has 0 radical (unpaired) electrons. The number of hydrogen-bond donors (Lipinski definition) is 1. The van der Waals surface area contributed by atoms with Gasteiger partial charge in [0.15, 0.2) is 0 Å². The van der Waals surface area contributed by atoms with Crippen LogP contribution in [0.25, 0.3) is 0 Å². The molecular formula is C13H14ClN3O2S. The summed E-state index contributed by atoms with van der Waals surface area (Å²) < 4.78 is 0. The summed E-state index contributed by atoms with van der Waals surface area (Å²) in [6.07, 6.45) is 0. The summed E-state index contributed by atoms with van der Waals surface area (Å²) in [6.45, 7) is 5.80. The molecule has 0 bridgehead atoms. The Morgan fingerprint density at radius 3 is 2.70 bits per heavy atom. The second-order valence-corrected chi connectivity index (χ2v) is 5.84. The van der Waals surface area contributed by atoms with Crippen LogP contribution in [0.4, 0.5) is 11.4 Å². The number of halogens is 1. The van der Waals surface area contributed by atoms with Gasteiger partial charge in [-0.3, -0.25) is 10.1 Å². The molecule has 0 saturated carbocycles. The average molecular weight is 312 g/mol. The van der Waals surface area contributed by atoms with Gasteiger partial charge in [-0.1, -0.05) is 11.6 Å². The number of hydrogen-bond acceptors (Lipinski definition) is 5. The van der Waals surface area contributed by atoms with E-state index in [1.54, 1.807) is 22.9 Å². The van der Waals surface area contributed by atoms with E-state index in [2.05, 4.69) is 10.3 Å². The molecule has 7 heteroatoms. The second-order valence-electron chi connectivity index (χ2n) is 4.54. The zero-order valence-corrected chi connectivity index (χ0v) is 12.9. The lowest BCUT2D eigenvalue weighted by Gasteiger charge is -2.16. The summed E-state index contributed by atoms with van der Waals surface area (Å²) in [6, 6.07) is 3.15. The Balaban J connectivity index is 2.28. The third kappa shape index (κ3) is 2.91. The monoisotopic (exact) mass is 311 g/mol. The SMILES string of the molecule is Cc1cc([N+](=O)[O-])c(Cl)cc1NC(C)c1scnc1C. The van der Waals surface area contributed by atoms with Gasteiger partial charge in [0.25, 0.3) is 5.69 Å². The van der Waals surface area contributed by atoms with Gasteiger partial charge in [-0.15, -0.1) is 11.3 Å². The number of nitro groups is 1. The van der Waals surface area contributed by atoms with Crippen molar-refractivity contribution in [1.82, 2.24) is 4.98 Å². The predicted molar refractivity (Wildman–Crippen MR) is 81.7 cm³/mol. The third-order valence-electron chi connectivity index (χ3n) is 3.04. The Morgan fingerprint density at radius 1 is 1.45 bits per heavy atom. The maximum absolute atomic E-state index is 10.8. The third-order valence-corrected chi connectivity index (χ3v) is 4.45. The van der Waals surface area contributed by atoms with Crippen LogP contribution >= 0.6 is 22.9 Å². The zero-order chi connectivity index (χ0) is 14.9. The van der Waals surface area contributed by atoms with Gasteiger partial charge in [0.1, 0.15) is 5.02 Å². The highest BCUT2D eigenvalue weighted by Crippen LogP contribution is 2.33. The van der Waals surface area contributed by atoms with Gasteiger partial charge < -0.3 is 5.32 Å². The van der Waals surface area contributed by atoms with Gasteiger partial charge in [0.05, 0.1) is 22.2 Å². The average Bonchev–Trinajstić information content (AvgIpc) is 2.79. The minimum atomic E-state index is -0.476. The van der Waals surface area contributed by atoms with Gasteiger partial charge >= 0.3 is 0 Å². The first-order valence-electron chi connectivity index (χ1n) is 6.01. The molecule has 1 aromatic heterocycles. The van der Waals surface area contributed by atoms with Gasteiger partial charge in [-0.25, -0.2) is 4.98 Å². The first-order chi connectivity index (χ1) is 9.40. The molecule has 1 aromatic carbocycles. The Kier molecular flexibility index (Phi) is 4.25. The van der Waals surface area contributed by atoms with E-state index in [1.165, 1.54) is 6.07 Å². The summed E-state index contributed by atoms with van der Waals surface area (Å²) in [4.78, 5) is 15.7. The standard InChI is InChI=1S/C13H14ClN3O2S/c1-7-4-12(17(18)19)10(14)5-11(7)16-9(3)13-8(2)15-6-20-13/h4-6,9,16H,1-3H3. The highest BCUT2D eigenvalue weighted by molar-refractivity contribution is 7.09. The number of aryl methyl sites for hydroxylation is 2. The normalized spacial score (nSPS) is 12.2. The smallest absolute Gasteiger partial charge is 0.288 e. The summed E-state index contributed by atoms with van der Waals surface area (Å²) in [5.41, 5.74) is 4.30. The lowest BCUT2D eigenvalue weighted by atomic mass is 10.1. The maximum atomic E-state index is 10.8. The Hall–Kier alpha value is -1.66. The van der Waals surface area contributed by atoms with E-state index in [1.807, 2.05) is 20.8 Å². The van der Waals surface area contributed by atoms with Crippen LogP contribution in [0.5, 0.6) is 0 Å². The number of nitrogens with zero attached hydrogens (tertiary/aromatic N) is 2. The Bertz CT molecular complexity index is 657. The first-order valence-corrected chi connectivity index (χ1v) is 7.27. The van der Waals surface area contributed by atoms with E-state index in [0.29, 0.717) is 0 Å². The van der Waals surface area contributed by atoms with Crippen LogP contribution in [0.3, 0.4) is 0 Å². The summed E-state index contributed by atoms with van der Waals surface area (Å²) >= 11 is 7.52. The molecule has 0 amide bonds. The number of thiazole rings is 1. The largest absolute Gasteiger partial charge is 0.377 e. The molecule has 1 N–H and O–H groups in total. The topological polar surface area (TPSA) is 68.1 Å². The second kappa shape index (κ2) is 5.76. The molecule has 0 fully saturated rings. The quantitative estimate of drug-likeness (QED) is 0.667. The number of rotatable bonds is 4. The van der Waals surface area contributed by atoms with Crippen LogP contribution in [-0.2, 0) is 0 Å². The molecule has 5 nitrogen and oxygen atoms in total. The Morgan fingerprint density at radius 2 is 2.15 bits per heavy atom. The predicted octanol–water partition coefficient (Wildman–Crippen LogP) is 4.49. The zero-order valence-electron chi connectivity index (χ0n) is 11.3. The van der Waals surface area contributed by atoms with Gasteiger partial charge in [-0.05, 0) is 32.4 Å². The number of nitro benzene ring substituents is 1. The first kappa shape index (κ1) is 14.7. The van der Waals surface area contributed by atoms with Crippen LogP contribution in [0, 0.1) is 24.0 Å². The summed E-state index contributed by atoms with van der Waals surface area (Å²) in [5, 5.41) is 14.3. The van der Waals surface area contributed by atoms with E-state index in [4.69, 9.17) is 11.6 Å². The van der Waals surface area contributed by atoms with E-state index in [0.717, 1.165) is 21.8 Å². The van der Waals surface area contributed by atoms with Crippen molar-refractivity contribution in [2.75, 3.05) is 5.32 Å². The number of nitrogens with one attached hydrogen (secondary N) is 1. The molecule has 0 aliphatic rings. The van der Waals surface area contributed by atoms with Crippen LogP contribution in [0.1, 0.15) is 29.1 Å². The Labute approximate surface area is 125 Å². The van der Waals surface area contributed by atoms with E-state index in [-0.39, 0.29) is 16.8 Å². The van der Waals surface area contributed by atoms with Crippen LogP contribution < -0.4 is 5.32 Å². The van der Waals surface area contributed by atoms with E-state index < -0.39 is 4.92 Å². The van der Waals surface area contributed by atoms with E-state index >= 15 is 0 Å². The molecule has 20 heavy (non-hydrogen) atoms. The minimum Gasteiger partial charge on any atom is -0.377 e. The molecule has 0 saturated heterocycles. The van der Waals surface area contributed by atoms with Crippen LogP contribution in [0.15, 0.2) is 17.6 Å². The fourth-order valence-electron chi connectivity index (χ4n) is 1.99. The molecule has 0 aliphatic carbocycles. The van der Waals surface area contributed by atoms with Gasteiger partial charge in [0, 0.05) is 16.6 Å². The highest BCUT2D eigenvalue weighted by atomic mass is 35.5. The molecular weight excluding hydrogens is 298 g/mol. The molecule has 1 heterocycles. The molecule has 0 spiro atoms. The van der Waals surface area contributed by atoms with Crippen molar-refractivity contribution < 1.29 is 4.92 Å². The highest BCUT2D eigenvalue weighted by Gasteiger charge is 2.17. The lowest BCUT2D eigenvalue weighted by molar-refractivity contribution is -0.384. The molecule has 1 atom stereocenters. The van der Waals surface area contributed by atoms with Crippen LogP contribution in [0.2, 0.25) is 5.02 Å². The number of anilines is 1. The number of aromatic nitrogens is 1. The fourth-order valence-corrected chi connectivity index (χ4v) is 3.03. The fraction of sp³-hybridized carbons (Fsp3) is 0.308. The van der Waals surface area contributed by atoms with Gasteiger partial charge in [-0.2, -0.15) is 0 Å². The maximum Gasteiger partial charge on any atom is 0.288 e. The molecule has 0 aliphatic heterocycles. The van der Waals surface area contributed by atoms with Crippen molar-refractivity contribution in [2.45, 2.75) is 26.8 Å². The van der Waals surface area contributed by atoms with Crippen molar-refractivity contribution in [3.8, 4) is 0 Å². The van der Waals surface area contributed by atoms with Gasteiger partial charge in [0.2, 0.25) is 0 Å². The molecule has 2 aromatic rings. The van der Waals surface area contributed by atoms with Crippen LogP contribution in [-0.4, -0.2) is 9.91 Å². The van der Waals surface area contributed by atoms with Crippen molar-refractivity contribution in [1.29, 1.82) is 0 Å².